The van der Waals surface area contributed by atoms with Gasteiger partial charge in [-0.1, -0.05) is 36.4 Å². The van der Waals surface area contributed by atoms with Gasteiger partial charge in [0.15, 0.2) is 0 Å². The lowest BCUT2D eigenvalue weighted by molar-refractivity contribution is -0.133. The lowest BCUT2D eigenvalue weighted by Crippen LogP contribution is -2.39. The van der Waals surface area contributed by atoms with Crippen molar-refractivity contribution in [2.75, 3.05) is 18.6 Å². The van der Waals surface area contributed by atoms with Crippen LogP contribution in [0.2, 0.25) is 0 Å². The number of nitrogens with zero attached hydrogens (tertiary/aromatic N) is 2. The zero-order valence-electron chi connectivity index (χ0n) is 16.5. The van der Waals surface area contributed by atoms with Crippen LogP contribution in [0.5, 0.6) is 5.75 Å². The number of rotatable bonds is 8. The Morgan fingerprint density at radius 3 is 2.33 bits per heavy atom. The zero-order valence-corrected chi connectivity index (χ0v) is 16.5. The summed E-state index contributed by atoms with van der Waals surface area (Å²) in [5.74, 6) is 0.608. The van der Waals surface area contributed by atoms with Crippen LogP contribution in [0.1, 0.15) is 32.8 Å². The molecule has 2 aromatic rings. The second-order valence-corrected chi connectivity index (χ2v) is 6.72. The molecular weight excluding hydrogens is 340 g/mol. The Labute approximate surface area is 161 Å². The average Bonchev–Trinajstić information content (AvgIpc) is 2.66. The number of ether oxygens (including phenoxy) is 1. The summed E-state index contributed by atoms with van der Waals surface area (Å²) in [4.78, 5) is 28.4. The first kappa shape index (κ1) is 20.5. The molecule has 144 valence electrons. The van der Waals surface area contributed by atoms with Gasteiger partial charge in [-0.05, 0) is 31.5 Å². The smallest absolute Gasteiger partial charge is 0.224 e. The predicted octanol–water partition coefficient (Wildman–Crippen LogP) is 3.88. The third-order valence-electron chi connectivity index (χ3n) is 4.43. The van der Waals surface area contributed by atoms with Crippen molar-refractivity contribution in [1.29, 1.82) is 0 Å². The third-order valence-corrected chi connectivity index (χ3v) is 4.43. The van der Waals surface area contributed by atoms with Crippen LogP contribution in [-0.2, 0) is 16.1 Å². The number of carbonyl (C=O) groups excluding carboxylic acids is 2. The number of methoxy groups -OCH3 is 1. The van der Waals surface area contributed by atoms with E-state index in [1.807, 2.05) is 67.3 Å². The van der Waals surface area contributed by atoms with Crippen LogP contribution in [0, 0.1) is 0 Å². The lowest BCUT2D eigenvalue weighted by atomic mass is 10.1. The monoisotopic (exact) mass is 368 g/mol. The van der Waals surface area contributed by atoms with E-state index >= 15 is 0 Å². The fourth-order valence-electron chi connectivity index (χ4n) is 2.94. The fourth-order valence-corrected chi connectivity index (χ4v) is 2.94. The number of hydrogen-bond donors (Lipinski definition) is 0. The molecule has 5 nitrogen and oxygen atoms in total. The quantitative estimate of drug-likeness (QED) is 0.711. The summed E-state index contributed by atoms with van der Waals surface area (Å²) in [6, 6.07) is 17.3. The largest absolute Gasteiger partial charge is 0.497 e. The van der Waals surface area contributed by atoms with Crippen LogP contribution in [0.3, 0.4) is 0 Å². The predicted molar refractivity (Wildman–Crippen MR) is 108 cm³/mol. The first-order valence-corrected chi connectivity index (χ1v) is 9.18. The van der Waals surface area contributed by atoms with Gasteiger partial charge in [-0.25, -0.2) is 0 Å². The summed E-state index contributed by atoms with van der Waals surface area (Å²) >= 11 is 0. The number of amides is 2. The van der Waals surface area contributed by atoms with Crippen molar-refractivity contribution in [3.63, 3.8) is 0 Å². The highest BCUT2D eigenvalue weighted by molar-refractivity contribution is 5.92. The van der Waals surface area contributed by atoms with Gasteiger partial charge >= 0.3 is 0 Å². The molecule has 0 saturated heterocycles. The molecule has 27 heavy (non-hydrogen) atoms. The second kappa shape index (κ2) is 9.76. The Morgan fingerprint density at radius 1 is 1.04 bits per heavy atom. The van der Waals surface area contributed by atoms with E-state index in [1.165, 1.54) is 6.92 Å². The Balaban J connectivity index is 2.07. The van der Waals surface area contributed by atoms with E-state index < -0.39 is 0 Å². The van der Waals surface area contributed by atoms with Crippen molar-refractivity contribution >= 4 is 17.5 Å². The van der Waals surface area contributed by atoms with E-state index in [2.05, 4.69) is 0 Å². The molecule has 0 heterocycles. The topological polar surface area (TPSA) is 49.9 Å². The molecule has 0 radical (unpaired) electrons. The first-order chi connectivity index (χ1) is 12.9. The number of benzene rings is 2. The van der Waals surface area contributed by atoms with Gasteiger partial charge < -0.3 is 14.5 Å². The van der Waals surface area contributed by atoms with E-state index in [0.717, 1.165) is 11.3 Å². The highest BCUT2D eigenvalue weighted by Crippen LogP contribution is 2.22. The molecule has 2 amide bonds. The molecule has 0 aliphatic carbocycles. The zero-order chi connectivity index (χ0) is 19.8. The van der Waals surface area contributed by atoms with Gasteiger partial charge in [0.25, 0.3) is 0 Å². The molecular formula is C22H28N2O3. The maximum atomic E-state index is 12.8. The normalized spacial score (nSPS) is 10.6. The molecule has 2 aromatic carbocycles. The van der Waals surface area contributed by atoms with Crippen LogP contribution in [-0.4, -0.2) is 36.4 Å². The summed E-state index contributed by atoms with van der Waals surface area (Å²) in [6.45, 7) is 6.42. The summed E-state index contributed by atoms with van der Waals surface area (Å²) < 4.78 is 5.23. The van der Waals surface area contributed by atoms with Crippen molar-refractivity contribution in [2.24, 2.45) is 0 Å². The van der Waals surface area contributed by atoms with E-state index in [4.69, 9.17) is 4.74 Å². The first-order valence-electron chi connectivity index (χ1n) is 9.18. The van der Waals surface area contributed by atoms with Crippen LogP contribution in [0.15, 0.2) is 54.6 Å². The molecule has 0 saturated carbocycles. The maximum absolute atomic E-state index is 12.8. The minimum Gasteiger partial charge on any atom is -0.497 e. The van der Waals surface area contributed by atoms with Crippen molar-refractivity contribution in [2.45, 2.75) is 39.8 Å². The van der Waals surface area contributed by atoms with Crippen LogP contribution in [0.25, 0.3) is 0 Å². The Morgan fingerprint density at radius 2 is 1.74 bits per heavy atom. The van der Waals surface area contributed by atoms with Gasteiger partial charge in [0, 0.05) is 44.2 Å². The minimum absolute atomic E-state index is 0.0306. The van der Waals surface area contributed by atoms with Crippen molar-refractivity contribution < 1.29 is 14.3 Å². The van der Waals surface area contributed by atoms with Crippen molar-refractivity contribution in [3.05, 3.63) is 60.2 Å². The molecule has 0 aromatic heterocycles. The Hall–Kier alpha value is -2.82. The summed E-state index contributed by atoms with van der Waals surface area (Å²) in [6.07, 6.45) is 0.266. The second-order valence-electron chi connectivity index (χ2n) is 6.72. The summed E-state index contributed by atoms with van der Waals surface area (Å²) in [7, 11) is 1.59. The molecule has 0 unspecified atom stereocenters. The standard InChI is InChI=1S/C22H28N2O3/c1-17(2)24(16-19-9-6-5-7-10-19)22(26)13-14-23(18(3)25)20-11-8-12-21(15-20)27-4/h5-12,15,17H,13-14,16H2,1-4H3. The summed E-state index contributed by atoms with van der Waals surface area (Å²) in [5, 5.41) is 0. The van der Waals surface area contributed by atoms with Gasteiger partial charge in [0.1, 0.15) is 5.75 Å². The van der Waals surface area contributed by atoms with Gasteiger partial charge in [-0.15, -0.1) is 0 Å². The number of hydrogen-bond acceptors (Lipinski definition) is 3. The fraction of sp³-hybridized carbons (Fsp3) is 0.364. The Bertz CT molecular complexity index is 759. The van der Waals surface area contributed by atoms with Gasteiger partial charge in [-0.3, -0.25) is 9.59 Å². The van der Waals surface area contributed by atoms with Crippen molar-refractivity contribution in [3.8, 4) is 5.75 Å². The maximum Gasteiger partial charge on any atom is 0.224 e. The average molecular weight is 368 g/mol. The molecule has 0 aliphatic rings. The molecule has 2 rings (SSSR count). The highest BCUT2D eigenvalue weighted by atomic mass is 16.5. The van der Waals surface area contributed by atoms with Crippen molar-refractivity contribution in [1.82, 2.24) is 4.90 Å². The molecule has 0 atom stereocenters. The molecule has 0 bridgehead atoms. The van der Waals surface area contributed by atoms with Crippen LogP contribution >= 0.6 is 0 Å². The lowest BCUT2D eigenvalue weighted by Gasteiger charge is -2.28. The Kier molecular flexibility index (Phi) is 7.41. The minimum atomic E-state index is -0.102. The van der Waals surface area contributed by atoms with Crippen LogP contribution < -0.4 is 9.64 Å². The van der Waals surface area contributed by atoms with E-state index in [1.54, 1.807) is 18.1 Å². The van der Waals surface area contributed by atoms with Gasteiger partial charge in [0.2, 0.25) is 11.8 Å². The van der Waals surface area contributed by atoms with Gasteiger partial charge in [-0.2, -0.15) is 0 Å². The van der Waals surface area contributed by atoms with E-state index in [-0.39, 0.29) is 24.3 Å². The number of carbonyl (C=O) groups is 2. The summed E-state index contributed by atoms with van der Waals surface area (Å²) in [5.41, 5.74) is 1.82. The highest BCUT2D eigenvalue weighted by Gasteiger charge is 2.20. The van der Waals surface area contributed by atoms with E-state index in [0.29, 0.717) is 18.8 Å². The van der Waals surface area contributed by atoms with Gasteiger partial charge in [0.05, 0.1) is 7.11 Å². The molecule has 0 N–H and O–H groups in total. The molecule has 0 fully saturated rings. The SMILES string of the molecule is COc1cccc(N(CCC(=O)N(Cc2ccccc2)C(C)C)C(C)=O)c1. The third kappa shape index (κ3) is 5.84. The molecule has 0 spiro atoms. The van der Waals surface area contributed by atoms with E-state index in [9.17, 15) is 9.59 Å². The molecule has 5 heteroatoms. The number of anilines is 1. The molecule has 0 aliphatic heterocycles. The van der Waals surface area contributed by atoms with Crippen LogP contribution in [0.4, 0.5) is 5.69 Å².